The summed E-state index contributed by atoms with van der Waals surface area (Å²) in [6.45, 7) is 2.35. The van der Waals surface area contributed by atoms with E-state index < -0.39 is 57.0 Å². The minimum absolute atomic E-state index is 0.119. The Labute approximate surface area is 167 Å². The van der Waals surface area contributed by atoms with Crippen LogP contribution in [0.15, 0.2) is 0 Å². The van der Waals surface area contributed by atoms with E-state index in [2.05, 4.69) is 19.6 Å². The van der Waals surface area contributed by atoms with Crippen LogP contribution in [0.2, 0.25) is 0 Å². The van der Waals surface area contributed by atoms with Crippen LogP contribution in [-0.2, 0) is 42.5 Å². The third kappa shape index (κ3) is 6.91. The fraction of sp³-hybridized carbons (Fsp3) is 0.688. The fourth-order valence-corrected chi connectivity index (χ4v) is 5.99. The van der Waals surface area contributed by atoms with Gasteiger partial charge in [-0.15, -0.1) is 0 Å². The van der Waals surface area contributed by atoms with E-state index >= 15 is 0 Å². The monoisotopic (exact) mass is 436 g/mol. The third-order valence-electron chi connectivity index (χ3n) is 4.33. The first-order valence-corrected chi connectivity index (χ1v) is 11.0. The zero-order valence-electron chi connectivity index (χ0n) is 16.1. The molecule has 12 nitrogen and oxygen atoms in total. The quantitative estimate of drug-likeness (QED) is 0.216. The van der Waals surface area contributed by atoms with E-state index in [4.69, 9.17) is 14.2 Å². The third-order valence-corrected chi connectivity index (χ3v) is 6.82. The number of hydrogen-bond donors (Lipinski definition) is 3. The molecule has 2 unspecified atom stereocenters. The van der Waals surface area contributed by atoms with Crippen LogP contribution in [0.25, 0.3) is 0 Å². The molecule has 164 valence electrons. The van der Waals surface area contributed by atoms with E-state index in [1.54, 1.807) is 0 Å². The number of aliphatic carboxylic acids is 1. The summed E-state index contributed by atoms with van der Waals surface area (Å²) in [4.78, 5) is 57.8. The molecule has 0 spiro atoms. The van der Waals surface area contributed by atoms with Crippen LogP contribution >= 0.6 is 8.02 Å². The van der Waals surface area contributed by atoms with Gasteiger partial charge in [-0.1, -0.05) is 0 Å². The van der Waals surface area contributed by atoms with Gasteiger partial charge in [0, 0.05) is 0 Å². The van der Waals surface area contributed by atoms with Gasteiger partial charge in [-0.2, -0.15) is 0 Å². The van der Waals surface area contributed by atoms with Gasteiger partial charge in [0.2, 0.25) is 0 Å². The molecular weight excluding hydrogens is 411 g/mol. The molecule has 0 radical (unpaired) electrons. The van der Waals surface area contributed by atoms with Gasteiger partial charge in [0.15, 0.2) is 0 Å². The van der Waals surface area contributed by atoms with Crippen molar-refractivity contribution in [2.45, 2.75) is 70.7 Å². The Morgan fingerprint density at radius 3 is 2.07 bits per heavy atom. The van der Waals surface area contributed by atoms with E-state index in [0.29, 0.717) is 0 Å². The second-order valence-corrected chi connectivity index (χ2v) is 8.96. The van der Waals surface area contributed by atoms with E-state index in [1.165, 1.54) is 6.92 Å². The molecule has 1 aliphatic carbocycles. The number of fused-ring (bicyclic) bond motifs is 1. The molecule has 0 aromatic carbocycles. The summed E-state index contributed by atoms with van der Waals surface area (Å²) in [5.74, 6) is -5.63. The zero-order chi connectivity index (χ0) is 21.6. The standard InChI is InChI=1S/C16H25N2O10P/c1-9(19)25-10(2)26-15(23)16(24)28-29(27-14(22)8-7-13(20)21)17-11-5-3-4-6-12(11)18-29/h10-12,17-18,29H,3-8H2,1-2H3,(H,20,21)/t10-,11?,12?/m0/s1. The molecule has 3 N–H and O–H groups in total. The normalized spacial score (nSPS) is 24.3. The van der Waals surface area contributed by atoms with Crippen molar-refractivity contribution in [2.24, 2.45) is 0 Å². The van der Waals surface area contributed by atoms with Gasteiger partial charge in [0.25, 0.3) is 0 Å². The molecule has 3 atom stereocenters. The van der Waals surface area contributed by atoms with Crippen LogP contribution in [0.3, 0.4) is 0 Å². The molecule has 0 bridgehead atoms. The number of ether oxygens (including phenoxy) is 2. The van der Waals surface area contributed by atoms with Crippen LogP contribution in [0.4, 0.5) is 0 Å². The number of carboxylic acids is 1. The van der Waals surface area contributed by atoms with Gasteiger partial charge < -0.3 is 0 Å². The number of rotatable bonds is 7. The summed E-state index contributed by atoms with van der Waals surface area (Å²) in [7, 11) is -3.91. The molecule has 1 heterocycles. The Balaban J connectivity index is 2.06. The number of carboxylic acid groups (broad SMARTS) is 1. The van der Waals surface area contributed by atoms with Crippen LogP contribution in [0, 0.1) is 0 Å². The van der Waals surface area contributed by atoms with E-state index in [9.17, 15) is 24.0 Å². The van der Waals surface area contributed by atoms with Gasteiger partial charge in [0.05, 0.1) is 0 Å². The number of esters is 2. The first kappa shape index (κ1) is 23.0. The molecule has 2 rings (SSSR count). The molecule has 0 aromatic rings. The van der Waals surface area contributed by atoms with Crippen molar-refractivity contribution in [1.29, 1.82) is 0 Å². The average molecular weight is 436 g/mol. The van der Waals surface area contributed by atoms with Gasteiger partial charge >= 0.3 is 166 Å². The first-order valence-electron chi connectivity index (χ1n) is 9.20. The molecule has 2 aliphatic rings. The van der Waals surface area contributed by atoms with E-state index in [-0.39, 0.29) is 12.1 Å². The van der Waals surface area contributed by atoms with Crippen molar-refractivity contribution in [2.75, 3.05) is 0 Å². The summed E-state index contributed by atoms with van der Waals surface area (Å²) in [5.41, 5.74) is 0. The van der Waals surface area contributed by atoms with Gasteiger partial charge in [0.1, 0.15) is 0 Å². The van der Waals surface area contributed by atoms with Crippen LogP contribution in [0.5, 0.6) is 0 Å². The summed E-state index contributed by atoms with van der Waals surface area (Å²) in [6.07, 6.45) is 1.19. The fourth-order valence-electron chi connectivity index (χ4n) is 3.19. The van der Waals surface area contributed by atoms with Crippen LogP contribution in [0.1, 0.15) is 52.4 Å². The second kappa shape index (κ2) is 9.95. The Bertz CT molecular complexity index is 671. The van der Waals surface area contributed by atoms with Crippen molar-refractivity contribution in [1.82, 2.24) is 10.2 Å². The molecule has 1 aliphatic heterocycles. The number of carbonyl (C=O) groups is 5. The SMILES string of the molecule is CC(=O)O[C@H](C)OC(=O)C(=O)O[PH]1(OC(=O)CCC(=O)O)NC2CCCCC2N1. The Morgan fingerprint density at radius 1 is 0.966 bits per heavy atom. The predicted octanol–water partition coefficient (Wildman–Crippen LogP) is 0.304. The van der Waals surface area contributed by atoms with Crippen molar-refractivity contribution in [3.05, 3.63) is 0 Å². The molecule has 1 saturated heterocycles. The average Bonchev–Trinajstić information content (AvgIpc) is 2.96. The van der Waals surface area contributed by atoms with Crippen molar-refractivity contribution >= 4 is 37.9 Å². The van der Waals surface area contributed by atoms with Gasteiger partial charge in [-0.25, -0.2) is 0 Å². The van der Waals surface area contributed by atoms with Crippen LogP contribution < -0.4 is 10.2 Å². The molecule has 2 fully saturated rings. The summed E-state index contributed by atoms with van der Waals surface area (Å²) in [5, 5.41) is 14.7. The maximum atomic E-state index is 12.2. The van der Waals surface area contributed by atoms with E-state index in [0.717, 1.165) is 32.6 Å². The molecule has 1 saturated carbocycles. The molecular formula is C16H25N2O10P. The summed E-state index contributed by atoms with van der Waals surface area (Å²) >= 11 is 0. The molecule has 29 heavy (non-hydrogen) atoms. The van der Waals surface area contributed by atoms with Crippen LogP contribution in [-0.4, -0.2) is 53.3 Å². The Kier molecular flexibility index (Phi) is 7.88. The second-order valence-electron chi connectivity index (χ2n) is 6.74. The maximum absolute atomic E-state index is 12.2. The number of nitrogens with one attached hydrogen (secondary N) is 2. The summed E-state index contributed by atoms with van der Waals surface area (Å²) in [6, 6.07) is -0.238. The number of carbonyl (C=O) groups excluding carboxylic acids is 4. The van der Waals surface area contributed by atoms with Gasteiger partial charge in [-0.3, -0.25) is 0 Å². The summed E-state index contributed by atoms with van der Waals surface area (Å²) < 4.78 is 19.8. The van der Waals surface area contributed by atoms with E-state index in [1.807, 2.05) is 0 Å². The molecule has 13 heteroatoms. The predicted molar refractivity (Wildman–Crippen MR) is 97.0 cm³/mol. The molecule has 0 aromatic heterocycles. The Hall–Kier alpha value is -2.30. The Morgan fingerprint density at radius 2 is 1.55 bits per heavy atom. The number of hydrogen-bond acceptors (Lipinski definition) is 11. The zero-order valence-corrected chi connectivity index (χ0v) is 17.1. The van der Waals surface area contributed by atoms with Crippen molar-refractivity contribution in [3.8, 4) is 0 Å². The molecule has 0 amide bonds. The first-order chi connectivity index (χ1) is 13.6. The van der Waals surface area contributed by atoms with Crippen molar-refractivity contribution < 1.29 is 47.6 Å². The minimum atomic E-state index is -3.91. The topological polar surface area (TPSA) is 167 Å². The van der Waals surface area contributed by atoms with Crippen molar-refractivity contribution in [3.63, 3.8) is 0 Å². The van der Waals surface area contributed by atoms with Gasteiger partial charge in [-0.05, 0) is 0 Å².